The number of pyridine rings is 1. The molecule has 22 heavy (non-hydrogen) atoms. The summed E-state index contributed by atoms with van der Waals surface area (Å²) in [6.45, 7) is 3.79. The van der Waals surface area contributed by atoms with E-state index in [-0.39, 0.29) is 22.9 Å². The van der Waals surface area contributed by atoms with Crippen LogP contribution in [0.4, 0.5) is 5.69 Å². The number of aromatic nitrogens is 3. The number of hydrogen-bond acceptors (Lipinski definition) is 5. The van der Waals surface area contributed by atoms with E-state index in [0.29, 0.717) is 11.4 Å². The highest BCUT2D eigenvalue weighted by Gasteiger charge is 2.20. The van der Waals surface area contributed by atoms with Gasteiger partial charge < -0.3 is 9.73 Å². The molecule has 0 aliphatic rings. The third kappa shape index (κ3) is 2.37. The summed E-state index contributed by atoms with van der Waals surface area (Å²) in [6.07, 6.45) is 4.15. The largest absolute Gasteiger partial charge is 0.447 e. The van der Waals surface area contributed by atoms with E-state index < -0.39 is 5.91 Å². The van der Waals surface area contributed by atoms with Crippen LogP contribution in [0.2, 0.25) is 0 Å². The number of hydrogen-bond donors (Lipinski definition) is 1. The molecule has 3 rings (SSSR count). The van der Waals surface area contributed by atoms with Crippen molar-refractivity contribution in [3.8, 4) is 0 Å². The van der Waals surface area contributed by atoms with E-state index >= 15 is 0 Å². The van der Waals surface area contributed by atoms with Crippen LogP contribution in [0, 0.1) is 0 Å². The lowest BCUT2D eigenvalue weighted by Crippen LogP contribution is -2.24. The molecule has 7 nitrogen and oxygen atoms in total. The molecule has 7 heteroatoms. The Kier molecular flexibility index (Phi) is 3.46. The van der Waals surface area contributed by atoms with Crippen LogP contribution in [0.1, 0.15) is 36.0 Å². The van der Waals surface area contributed by atoms with Gasteiger partial charge >= 0.3 is 0 Å². The molecular formula is C15H14N4O3. The topological polar surface area (TPSA) is 89.5 Å². The van der Waals surface area contributed by atoms with Gasteiger partial charge in [0.1, 0.15) is 17.1 Å². The summed E-state index contributed by atoms with van der Waals surface area (Å²) in [5.41, 5.74) is 0.419. The summed E-state index contributed by atoms with van der Waals surface area (Å²) in [4.78, 5) is 32.7. The molecule has 0 aliphatic heterocycles. The minimum atomic E-state index is -0.493. The van der Waals surface area contributed by atoms with Gasteiger partial charge in [-0.05, 0) is 12.1 Å². The zero-order chi connectivity index (χ0) is 15.7. The maximum atomic E-state index is 12.3. The van der Waals surface area contributed by atoms with Crippen molar-refractivity contribution in [1.82, 2.24) is 14.4 Å². The Morgan fingerprint density at radius 3 is 2.91 bits per heavy atom. The number of amides is 1. The van der Waals surface area contributed by atoms with E-state index in [9.17, 15) is 9.59 Å². The van der Waals surface area contributed by atoms with Gasteiger partial charge in [0.05, 0.1) is 6.20 Å². The number of rotatable bonds is 3. The Balaban J connectivity index is 1.96. The molecule has 0 atom stereocenters. The number of nitrogens with one attached hydrogen (secondary N) is 1. The van der Waals surface area contributed by atoms with Crippen LogP contribution in [0.5, 0.6) is 0 Å². The summed E-state index contributed by atoms with van der Waals surface area (Å²) in [5, 5.41) is 2.54. The first kappa shape index (κ1) is 14.0. The smallest absolute Gasteiger partial charge is 0.281 e. The van der Waals surface area contributed by atoms with Crippen molar-refractivity contribution in [3.63, 3.8) is 0 Å². The van der Waals surface area contributed by atoms with E-state index in [4.69, 9.17) is 4.42 Å². The molecule has 3 aromatic rings. The summed E-state index contributed by atoms with van der Waals surface area (Å²) in [5.74, 6) is -0.00217. The zero-order valence-corrected chi connectivity index (χ0v) is 12.1. The Hall–Kier alpha value is -2.96. The van der Waals surface area contributed by atoms with Crippen LogP contribution >= 0.6 is 0 Å². The van der Waals surface area contributed by atoms with Crippen molar-refractivity contribution in [2.45, 2.75) is 19.8 Å². The van der Waals surface area contributed by atoms with Crippen molar-refractivity contribution in [2.24, 2.45) is 0 Å². The van der Waals surface area contributed by atoms with Crippen LogP contribution in [0.3, 0.4) is 0 Å². The van der Waals surface area contributed by atoms with Gasteiger partial charge in [0, 0.05) is 12.1 Å². The van der Waals surface area contributed by atoms with Crippen LogP contribution in [0.25, 0.3) is 5.65 Å². The lowest BCUT2D eigenvalue weighted by atomic mass is 10.1. The molecule has 112 valence electrons. The molecule has 1 amide bonds. The van der Waals surface area contributed by atoms with Crippen LogP contribution in [0.15, 0.2) is 46.2 Å². The predicted molar refractivity (Wildman–Crippen MR) is 80.0 cm³/mol. The second-order valence-electron chi connectivity index (χ2n) is 5.08. The van der Waals surface area contributed by atoms with Gasteiger partial charge in [0.25, 0.3) is 11.5 Å². The molecule has 0 aromatic carbocycles. The van der Waals surface area contributed by atoms with Crippen molar-refractivity contribution < 1.29 is 9.21 Å². The van der Waals surface area contributed by atoms with Crippen molar-refractivity contribution in [2.75, 3.05) is 5.32 Å². The molecule has 0 saturated heterocycles. The standard InChI is InChI=1S/C15H14N4O3/c1-9(2)13-12(17-8-22-13)14(20)18-10-7-16-11-5-3-4-6-19(11)15(10)21/h3-9H,1-2H3,(H,18,20). The minimum Gasteiger partial charge on any atom is -0.447 e. The SMILES string of the molecule is CC(C)c1ocnc1C(=O)Nc1cnc2ccccn2c1=O. The first-order valence-electron chi connectivity index (χ1n) is 6.79. The Labute approximate surface area is 125 Å². The average molecular weight is 298 g/mol. The zero-order valence-electron chi connectivity index (χ0n) is 12.1. The fourth-order valence-electron chi connectivity index (χ4n) is 2.13. The molecule has 1 N–H and O–H groups in total. The highest BCUT2D eigenvalue weighted by molar-refractivity contribution is 6.03. The van der Waals surface area contributed by atoms with Crippen molar-refractivity contribution >= 4 is 17.2 Å². The van der Waals surface area contributed by atoms with Crippen LogP contribution in [-0.4, -0.2) is 20.3 Å². The highest BCUT2D eigenvalue weighted by atomic mass is 16.3. The summed E-state index contributed by atoms with van der Waals surface area (Å²) >= 11 is 0. The number of anilines is 1. The molecule has 0 spiro atoms. The highest BCUT2D eigenvalue weighted by Crippen LogP contribution is 2.18. The molecule has 0 unspecified atom stereocenters. The fourth-order valence-corrected chi connectivity index (χ4v) is 2.13. The van der Waals surface area contributed by atoms with Gasteiger partial charge in [-0.3, -0.25) is 14.0 Å². The lowest BCUT2D eigenvalue weighted by Gasteiger charge is -2.06. The van der Waals surface area contributed by atoms with Gasteiger partial charge in [0.15, 0.2) is 12.1 Å². The van der Waals surface area contributed by atoms with Gasteiger partial charge in [-0.15, -0.1) is 0 Å². The van der Waals surface area contributed by atoms with Gasteiger partial charge in [-0.1, -0.05) is 19.9 Å². The molecule has 0 fully saturated rings. The summed E-state index contributed by atoms with van der Waals surface area (Å²) in [7, 11) is 0. The number of oxazole rings is 1. The van der Waals surface area contributed by atoms with E-state index in [1.165, 1.54) is 17.0 Å². The summed E-state index contributed by atoms with van der Waals surface area (Å²) < 4.78 is 6.58. The molecule has 3 aromatic heterocycles. The van der Waals surface area contributed by atoms with E-state index in [1.807, 2.05) is 13.8 Å². The number of carbonyl (C=O) groups excluding carboxylic acids is 1. The summed E-state index contributed by atoms with van der Waals surface area (Å²) in [6, 6.07) is 5.21. The Morgan fingerprint density at radius 1 is 1.32 bits per heavy atom. The third-order valence-corrected chi connectivity index (χ3v) is 3.20. The van der Waals surface area contributed by atoms with Crippen molar-refractivity contribution in [1.29, 1.82) is 0 Å². The molecule has 3 heterocycles. The predicted octanol–water partition coefficient (Wildman–Crippen LogP) is 2.06. The minimum absolute atomic E-state index is 0.0130. The maximum Gasteiger partial charge on any atom is 0.281 e. The number of fused-ring (bicyclic) bond motifs is 1. The van der Waals surface area contributed by atoms with Crippen molar-refractivity contribution in [3.05, 3.63) is 58.8 Å². The lowest BCUT2D eigenvalue weighted by molar-refractivity contribution is 0.102. The van der Waals surface area contributed by atoms with Gasteiger partial charge in [-0.2, -0.15) is 0 Å². The van der Waals surface area contributed by atoms with E-state index in [1.54, 1.807) is 24.4 Å². The normalized spacial score (nSPS) is 11.0. The molecule has 0 radical (unpaired) electrons. The Bertz CT molecular complexity index is 895. The van der Waals surface area contributed by atoms with Crippen LogP contribution < -0.4 is 10.9 Å². The van der Waals surface area contributed by atoms with Crippen LogP contribution in [-0.2, 0) is 0 Å². The molecule has 0 bridgehead atoms. The monoisotopic (exact) mass is 298 g/mol. The second-order valence-corrected chi connectivity index (χ2v) is 5.08. The third-order valence-electron chi connectivity index (χ3n) is 3.20. The number of nitrogens with zero attached hydrogens (tertiary/aromatic N) is 3. The quantitative estimate of drug-likeness (QED) is 0.799. The molecule has 0 saturated carbocycles. The Morgan fingerprint density at radius 2 is 2.14 bits per heavy atom. The second kappa shape index (κ2) is 5.44. The maximum absolute atomic E-state index is 12.3. The average Bonchev–Trinajstić information content (AvgIpc) is 3.00. The first-order valence-corrected chi connectivity index (χ1v) is 6.79. The number of carbonyl (C=O) groups is 1. The van der Waals surface area contributed by atoms with Gasteiger partial charge in [0.2, 0.25) is 0 Å². The van der Waals surface area contributed by atoms with E-state index in [0.717, 1.165) is 0 Å². The van der Waals surface area contributed by atoms with E-state index in [2.05, 4.69) is 15.3 Å². The fraction of sp³-hybridized carbons (Fsp3) is 0.200. The first-order chi connectivity index (χ1) is 10.6. The molecule has 0 aliphatic carbocycles. The van der Waals surface area contributed by atoms with Gasteiger partial charge in [-0.25, -0.2) is 9.97 Å². The molecular weight excluding hydrogens is 284 g/mol.